The van der Waals surface area contributed by atoms with Gasteiger partial charge in [0.15, 0.2) is 0 Å². The van der Waals surface area contributed by atoms with E-state index in [9.17, 15) is 17.6 Å². The number of hydrogen-bond acceptors (Lipinski definition) is 1. The first-order valence-corrected chi connectivity index (χ1v) is 6.05. The monoisotopic (exact) mass is 295 g/mol. The van der Waals surface area contributed by atoms with Gasteiger partial charge in [0, 0.05) is 22.2 Å². The predicted octanol–water partition coefficient (Wildman–Crippen LogP) is 4.87. The third-order valence-electron chi connectivity index (χ3n) is 2.96. The van der Waals surface area contributed by atoms with Crippen LogP contribution in [0.25, 0.3) is 22.2 Å². The van der Waals surface area contributed by atoms with Gasteiger partial charge in [-0.05, 0) is 36.4 Å². The van der Waals surface area contributed by atoms with E-state index in [2.05, 4.69) is 9.72 Å². The highest BCUT2D eigenvalue weighted by Crippen LogP contribution is 2.29. The molecule has 0 aliphatic rings. The number of halogens is 4. The normalized spacial score (nSPS) is 11.8. The van der Waals surface area contributed by atoms with Gasteiger partial charge in [-0.15, -0.1) is 13.2 Å². The second-order valence-electron chi connectivity index (χ2n) is 4.49. The highest BCUT2D eigenvalue weighted by molar-refractivity contribution is 5.86. The minimum Gasteiger partial charge on any atom is -0.406 e. The Morgan fingerprint density at radius 2 is 1.76 bits per heavy atom. The average molecular weight is 295 g/mol. The number of ether oxygens (including phenoxy) is 1. The zero-order valence-electron chi connectivity index (χ0n) is 10.5. The van der Waals surface area contributed by atoms with Crippen molar-refractivity contribution < 1.29 is 22.3 Å². The van der Waals surface area contributed by atoms with Crippen molar-refractivity contribution in [2.24, 2.45) is 0 Å². The first-order valence-electron chi connectivity index (χ1n) is 6.05. The number of rotatable bonds is 2. The van der Waals surface area contributed by atoms with Crippen LogP contribution >= 0.6 is 0 Å². The summed E-state index contributed by atoms with van der Waals surface area (Å²) in [5, 5.41) is 0.646. The number of aromatic nitrogens is 1. The fourth-order valence-corrected chi connectivity index (χ4v) is 2.12. The molecule has 0 radical (unpaired) electrons. The maximum Gasteiger partial charge on any atom is 0.573 e. The van der Waals surface area contributed by atoms with Crippen LogP contribution in [-0.4, -0.2) is 11.3 Å². The second-order valence-corrected chi connectivity index (χ2v) is 4.49. The molecule has 2 nitrogen and oxygen atoms in total. The van der Waals surface area contributed by atoms with Gasteiger partial charge in [-0.25, -0.2) is 4.39 Å². The van der Waals surface area contributed by atoms with Gasteiger partial charge in [0.1, 0.15) is 11.6 Å². The molecule has 0 amide bonds. The average Bonchev–Trinajstić information content (AvgIpc) is 2.80. The number of alkyl halides is 3. The topological polar surface area (TPSA) is 25.0 Å². The molecular weight excluding hydrogens is 286 g/mol. The number of aromatic amines is 1. The summed E-state index contributed by atoms with van der Waals surface area (Å²) in [5.74, 6) is -0.674. The van der Waals surface area contributed by atoms with Gasteiger partial charge in [-0.2, -0.15) is 0 Å². The third-order valence-corrected chi connectivity index (χ3v) is 2.96. The van der Waals surface area contributed by atoms with E-state index < -0.39 is 6.36 Å². The summed E-state index contributed by atoms with van der Waals surface area (Å²) < 4.78 is 53.7. The molecule has 2 aromatic carbocycles. The third kappa shape index (κ3) is 2.99. The molecule has 0 aliphatic carbocycles. The summed E-state index contributed by atoms with van der Waals surface area (Å²) in [6, 6.07) is 11.5. The maximum absolute atomic E-state index is 13.1. The van der Waals surface area contributed by atoms with Crippen molar-refractivity contribution in [1.29, 1.82) is 0 Å². The minimum absolute atomic E-state index is 0.301. The molecule has 1 aromatic heterocycles. The molecule has 3 rings (SSSR count). The van der Waals surface area contributed by atoms with Gasteiger partial charge in [0.05, 0.1) is 0 Å². The Labute approximate surface area is 117 Å². The van der Waals surface area contributed by atoms with Gasteiger partial charge >= 0.3 is 6.36 Å². The molecule has 1 heterocycles. The molecular formula is C15H9F4NO. The van der Waals surface area contributed by atoms with Crippen LogP contribution in [0.3, 0.4) is 0 Å². The first-order chi connectivity index (χ1) is 9.90. The molecule has 108 valence electrons. The Hall–Kier alpha value is -2.50. The Balaban J connectivity index is 2.00. The molecule has 0 bridgehead atoms. The highest BCUT2D eigenvalue weighted by atomic mass is 19.4. The van der Waals surface area contributed by atoms with Gasteiger partial charge < -0.3 is 9.72 Å². The van der Waals surface area contributed by atoms with E-state index in [0.29, 0.717) is 22.2 Å². The Bertz CT molecular complexity index is 792. The van der Waals surface area contributed by atoms with Crippen LogP contribution in [0.1, 0.15) is 0 Å². The number of H-pyrrole nitrogens is 1. The molecule has 0 unspecified atom stereocenters. The van der Waals surface area contributed by atoms with Crippen molar-refractivity contribution >= 4 is 10.9 Å². The predicted molar refractivity (Wildman–Crippen MR) is 70.4 cm³/mol. The van der Waals surface area contributed by atoms with E-state index in [4.69, 9.17) is 0 Å². The molecule has 6 heteroatoms. The van der Waals surface area contributed by atoms with Gasteiger partial charge in [0.25, 0.3) is 0 Å². The molecule has 1 N–H and O–H groups in total. The highest BCUT2D eigenvalue weighted by Gasteiger charge is 2.31. The lowest BCUT2D eigenvalue weighted by atomic mass is 10.1. The first kappa shape index (κ1) is 13.5. The van der Waals surface area contributed by atoms with Crippen molar-refractivity contribution in [3.05, 3.63) is 54.3 Å². The van der Waals surface area contributed by atoms with Crippen molar-refractivity contribution in [1.82, 2.24) is 4.98 Å². The quantitative estimate of drug-likeness (QED) is 0.670. The largest absolute Gasteiger partial charge is 0.573 e. The van der Waals surface area contributed by atoms with E-state index >= 15 is 0 Å². The van der Waals surface area contributed by atoms with E-state index in [-0.39, 0.29) is 11.6 Å². The van der Waals surface area contributed by atoms with Gasteiger partial charge in [0.2, 0.25) is 0 Å². The smallest absolute Gasteiger partial charge is 0.406 e. The van der Waals surface area contributed by atoms with Crippen LogP contribution in [0, 0.1) is 5.82 Å². The van der Waals surface area contributed by atoms with Crippen LogP contribution in [0.2, 0.25) is 0 Å². The molecule has 21 heavy (non-hydrogen) atoms. The molecule has 0 aliphatic heterocycles. The van der Waals surface area contributed by atoms with Crippen LogP contribution in [0.15, 0.2) is 48.5 Å². The number of benzene rings is 2. The summed E-state index contributed by atoms with van der Waals surface area (Å²) in [6.45, 7) is 0. The summed E-state index contributed by atoms with van der Waals surface area (Å²) in [4.78, 5) is 3.03. The zero-order chi connectivity index (χ0) is 15.0. The fraction of sp³-hybridized carbons (Fsp3) is 0.0667. The van der Waals surface area contributed by atoms with E-state index in [1.807, 2.05) is 0 Å². The van der Waals surface area contributed by atoms with E-state index in [1.165, 1.54) is 30.3 Å². The number of hydrogen-bond donors (Lipinski definition) is 1. The Morgan fingerprint density at radius 3 is 2.52 bits per heavy atom. The van der Waals surface area contributed by atoms with Crippen molar-refractivity contribution in [2.75, 3.05) is 0 Å². The minimum atomic E-state index is -4.73. The second kappa shape index (κ2) is 4.80. The molecule has 0 fully saturated rings. The standard InChI is InChI=1S/C15H9F4NO/c16-11-4-5-13-10(6-11)8-14(20-13)9-2-1-3-12(7-9)21-15(17,18)19/h1-8,20H. The van der Waals surface area contributed by atoms with E-state index in [0.717, 1.165) is 0 Å². The van der Waals surface area contributed by atoms with Gasteiger partial charge in [-0.1, -0.05) is 12.1 Å². The molecule has 0 atom stereocenters. The Morgan fingerprint density at radius 1 is 0.952 bits per heavy atom. The molecule has 3 aromatic rings. The fourth-order valence-electron chi connectivity index (χ4n) is 2.12. The SMILES string of the molecule is Fc1ccc2[nH]c(-c3cccc(OC(F)(F)F)c3)cc2c1. The van der Waals surface area contributed by atoms with Gasteiger partial charge in [-0.3, -0.25) is 0 Å². The van der Waals surface area contributed by atoms with Crippen molar-refractivity contribution in [3.63, 3.8) is 0 Å². The lowest BCUT2D eigenvalue weighted by molar-refractivity contribution is -0.274. The lowest BCUT2D eigenvalue weighted by Crippen LogP contribution is -2.17. The van der Waals surface area contributed by atoms with E-state index in [1.54, 1.807) is 18.2 Å². The van der Waals surface area contributed by atoms with Crippen molar-refractivity contribution in [2.45, 2.75) is 6.36 Å². The number of fused-ring (bicyclic) bond motifs is 1. The summed E-state index contributed by atoms with van der Waals surface area (Å²) in [5.41, 5.74) is 1.81. The summed E-state index contributed by atoms with van der Waals surface area (Å²) in [7, 11) is 0. The van der Waals surface area contributed by atoms with Crippen LogP contribution < -0.4 is 4.74 Å². The Kier molecular flexibility index (Phi) is 3.08. The van der Waals surface area contributed by atoms with Crippen molar-refractivity contribution in [3.8, 4) is 17.0 Å². The lowest BCUT2D eigenvalue weighted by Gasteiger charge is -2.09. The molecule has 0 saturated heterocycles. The summed E-state index contributed by atoms with van der Waals surface area (Å²) in [6.07, 6.45) is -4.73. The number of nitrogens with one attached hydrogen (secondary N) is 1. The zero-order valence-corrected chi connectivity index (χ0v) is 10.5. The van der Waals surface area contributed by atoms with Crippen LogP contribution in [0.5, 0.6) is 5.75 Å². The van der Waals surface area contributed by atoms with Crippen LogP contribution in [0.4, 0.5) is 17.6 Å². The summed E-state index contributed by atoms with van der Waals surface area (Å²) >= 11 is 0. The molecule has 0 spiro atoms. The molecule has 0 saturated carbocycles. The maximum atomic E-state index is 13.1. The van der Waals surface area contributed by atoms with Crippen LogP contribution in [-0.2, 0) is 0 Å².